The van der Waals surface area contributed by atoms with Gasteiger partial charge in [0.2, 0.25) is 0 Å². The van der Waals surface area contributed by atoms with Gasteiger partial charge in [0.25, 0.3) is 0 Å². The summed E-state index contributed by atoms with van der Waals surface area (Å²) in [6.45, 7) is 2.24. The van der Waals surface area contributed by atoms with Crippen LogP contribution in [0.5, 0.6) is 0 Å². The Kier molecular flexibility index (Phi) is 5.67. The molecule has 56 valence electrons. The maximum atomic E-state index is 9.89. The highest BCUT2D eigenvalue weighted by molar-refractivity contribution is 9.09. The van der Waals surface area contributed by atoms with Crippen LogP contribution in [0.3, 0.4) is 0 Å². The highest BCUT2D eigenvalue weighted by Crippen LogP contribution is 2.04. The van der Waals surface area contributed by atoms with Gasteiger partial charge in [0, 0.05) is 4.83 Å². The van der Waals surface area contributed by atoms with Crippen LogP contribution in [0, 0.1) is 0 Å². The van der Waals surface area contributed by atoms with Crippen molar-refractivity contribution in [2.24, 2.45) is 0 Å². The minimum atomic E-state index is -2.12. The fourth-order valence-electron chi connectivity index (χ4n) is 0.250. The second-order valence-corrected chi connectivity index (χ2v) is 3.47. The Morgan fingerprint density at radius 2 is 2.44 bits per heavy atom. The molecule has 5 heteroatoms. The maximum Gasteiger partial charge on any atom is 0.301 e. The Labute approximate surface area is 65.4 Å². The summed E-state index contributed by atoms with van der Waals surface area (Å²) in [5.74, 6) is 0. The van der Waals surface area contributed by atoms with Gasteiger partial charge in [0.15, 0.2) is 0 Å². The second-order valence-electron chi connectivity index (χ2n) is 1.51. The van der Waals surface area contributed by atoms with Crippen LogP contribution in [0.25, 0.3) is 0 Å². The van der Waals surface area contributed by atoms with Gasteiger partial charge in [0.1, 0.15) is 0 Å². The lowest BCUT2D eigenvalue weighted by atomic mass is 10.4. The average molecular weight is 217 g/mol. The number of hydrogen-bond donors (Lipinski definition) is 1. The molecule has 0 aliphatic rings. The molecule has 0 aliphatic carbocycles. The van der Waals surface area contributed by atoms with Crippen molar-refractivity contribution in [2.45, 2.75) is 18.2 Å². The van der Waals surface area contributed by atoms with E-state index >= 15 is 0 Å². The normalized spacial score (nSPS) is 17.2. The Hall–Kier alpha value is 0.550. The van der Waals surface area contributed by atoms with E-state index in [-0.39, 0.29) is 11.4 Å². The Morgan fingerprint density at radius 1 is 1.89 bits per heavy atom. The standard InChI is InChI=1S/C4H9BrO3S/c1-2-4(5)3-8-9(6)7/h4H,2-3H2,1H3,(H,6,7). The Morgan fingerprint density at radius 3 is 2.78 bits per heavy atom. The predicted octanol–water partition coefficient (Wildman–Crippen LogP) is 1.31. The van der Waals surface area contributed by atoms with Crippen molar-refractivity contribution in [1.29, 1.82) is 0 Å². The highest BCUT2D eigenvalue weighted by Gasteiger charge is 2.01. The summed E-state index contributed by atoms with van der Waals surface area (Å²) < 4.78 is 22.4. The van der Waals surface area contributed by atoms with Crippen LogP contribution in [-0.4, -0.2) is 20.2 Å². The SMILES string of the molecule is CCC(Br)COS(=O)O. The van der Waals surface area contributed by atoms with Crippen molar-refractivity contribution >= 4 is 27.3 Å². The molecule has 0 spiro atoms. The fraction of sp³-hybridized carbons (Fsp3) is 1.00. The molecular formula is C4H9BrO3S. The van der Waals surface area contributed by atoms with Gasteiger partial charge < -0.3 is 0 Å². The molecule has 0 aliphatic heterocycles. The third-order valence-electron chi connectivity index (χ3n) is 0.793. The van der Waals surface area contributed by atoms with E-state index in [0.29, 0.717) is 0 Å². The van der Waals surface area contributed by atoms with Gasteiger partial charge in [0.05, 0.1) is 6.61 Å². The van der Waals surface area contributed by atoms with Gasteiger partial charge in [-0.25, -0.2) is 0 Å². The largest absolute Gasteiger partial charge is 0.301 e. The number of halogens is 1. The molecule has 0 rings (SSSR count). The first-order chi connectivity index (χ1) is 4.16. The smallest absolute Gasteiger partial charge is 0.284 e. The van der Waals surface area contributed by atoms with E-state index in [0.717, 1.165) is 6.42 Å². The molecule has 0 saturated carbocycles. The zero-order valence-electron chi connectivity index (χ0n) is 5.04. The van der Waals surface area contributed by atoms with Crippen molar-refractivity contribution in [3.05, 3.63) is 0 Å². The van der Waals surface area contributed by atoms with Gasteiger partial charge >= 0.3 is 11.4 Å². The molecule has 0 heterocycles. The zero-order chi connectivity index (χ0) is 7.28. The molecule has 0 bridgehead atoms. The predicted molar refractivity (Wildman–Crippen MR) is 39.7 cm³/mol. The molecule has 3 nitrogen and oxygen atoms in total. The summed E-state index contributed by atoms with van der Waals surface area (Å²) in [5, 5.41) is 0. The van der Waals surface area contributed by atoms with E-state index in [4.69, 9.17) is 4.55 Å². The lowest BCUT2D eigenvalue weighted by molar-refractivity contribution is 0.306. The monoisotopic (exact) mass is 216 g/mol. The molecule has 9 heavy (non-hydrogen) atoms. The molecule has 0 fully saturated rings. The molecule has 0 aromatic rings. The molecule has 0 saturated heterocycles. The average Bonchev–Trinajstić information content (AvgIpc) is 1.83. The van der Waals surface area contributed by atoms with Crippen molar-refractivity contribution in [2.75, 3.05) is 6.61 Å². The van der Waals surface area contributed by atoms with E-state index in [1.54, 1.807) is 0 Å². The van der Waals surface area contributed by atoms with E-state index in [1.165, 1.54) is 0 Å². The summed E-state index contributed by atoms with van der Waals surface area (Å²) in [7, 11) is 0. The minimum Gasteiger partial charge on any atom is -0.284 e. The molecular weight excluding hydrogens is 208 g/mol. The van der Waals surface area contributed by atoms with Crippen molar-refractivity contribution in [1.82, 2.24) is 0 Å². The molecule has 0 amide bonds. The maximum absolute atomic E-state index is 9.89. The summed E-state index contributed by atoms with van der Waals surface area (Å²) in [5.41, 5.74) is 0. The molecule has 0 aromatic carbocycles. The minimum absolute atomic E-state index is 0.175. The molecule has 0 aromatic heterocycles. The van der Waals surface area contributed by atoms with Crippen LogP contribution in [0.1, 0.15) is 13.3 Å². The van der Waals surface area contributed by atoms with Crippen molar-refractivity contribution < 1.29 is 12.9 Å². The topological polar surface area (TPSA) is 46.5 Å². The summed E-state index contributed by atoms with van der Waals surface area (Å²) >= 11 is 1.12. The van der Waals surface area contributed by atoms with Gasteiger partial charge in [-0.2, -0.15) is 4.21 Å². The molecule has 1 N–H and O–H groups in total. The second kappa shape index (κ2) is 5.34. The van der Waals surface area contributed by atoms with Gasteiger partial charge in [-0.3, -0.25) is 8.74 Å². The van der Waals surface area contributed by atoms with Gasteiger partial charge in [-0.1, -0.05) is 22.9 Å². The van der Waals surface area contributed by atoms with Crippen LogP contribution in [0.15, 0.2) is 0 Å². The Bertz CT molecular complexity index is 97.8. The third kappa shape index (κ3) is 6.44. The summed E-state index contributed by atoms with van der Waals surface area (Å²) in [4.78, 5) is 0.175. The number of alkyl halides is 1. The molecule has 2 unspecified atom stereocenters. The first-order valence-corrected chi connectivity index (χ1v) is 4.49. The lowest BCUT2D eigenvalue weighted by Crippen LogP contribution is -2.08. The summed E-state index contributed by atoms with van der Waals surface area (Å²) in [6.07, 6.45) is 0.886. The molecule has 2 atom stereocenters. The van der Waals surface area contributed by atoms with Crippen LogP contribution < -0.4 is 0 Å². The summed E-state index contributed by atoms with van der Waals surface area (Å²) in [6, 6.07) is 0. The fourth-order valence-corrected chi connectivity index (χ4v) is 0.838. The van der Waals surface area contributed by atoms with Gasteiger partial charge in [-0.05, 0) is 6.42 Å². The van der Waals surface area contributed by atoms with E-state index in [1.807, 2.05) is 6.92 Å². The zero-order valence-corrected chi connectivity index (χ0v) is 7.44. The highest BCUT2D eigenvalue weighted by atomic mass is 79.9. The number of rotatable bonds is 4. The van der Waals surface area contributed by atoms with E-state index in [2.05, 4.69) is 20.1 Å². The van der Waals surface area contributed by atoms with E-state index in [9.17, 15) is 4.21 Å². The first-order valence-electron chi connectivity index (χ1n) is 2.55. The first kappa shape index (κ1) is 9.55. The van der Waals surface area contributed by atoms with Crippen molar-refractivity contribution in [3.8, 4) is 0 Å². The quantitative estimate of drug-likeness (QED) is 0.570. The Balaban J connectivity index is 3.16. The van der Waals surface area contributed by atoms with Gasteiger partial charge in [-0.15, -0.1) is 0 Å². The van der Waals surface area contributed by atoms with Crippen LogP contribution in [0.2, 0.25) is 0 Å². The molecule has 0 radical (unpaired) electrons. The van der Waals surface area contributed by atoms with Crippen LogP contribution >= 0.6 is 15.9 Å². The lowest BCUT2D eigenvalue weighted by Gasteiger charge is -2.02. The van der Waals surface area contributed by atoms with Crippen LogP contribution in [0.4, 0.5) is 0 Å². The third-order valence-corrected chi connectivity index (χ3v) is 2.04. The van der Waals surface area contributed by atoms with Crippen molar-refractivity contribution in [3.63, 3.8) is 0 Å². The van der Waals surface area contributed by atoms with Crippen LogP contribution in [-0.2, 0) is 15.5 Å². The number of hydrogen-bond acceptors (Lipinski definition) is 2. The van der Waals surface area contributed by atoms with E-state index < -0.39 is 11.4 Å².